The van der Waals surface area contributed by atoms with Gasteiger partial charge in [0.25, 0.3) is 0 Å². The molecule has 0 spiro atoms. The van der Waals surface area contributed by atoms with Gasteiger partial charge in [-0.05, 0) is 57.6 Å². The summed E-state index contributed by atoms with van der Waals surface area (Å²) in [6, 6.07) is 16.0. The number of thioether (sulfide) groups is 1. The summed E-state index contributed by atoms with van der Waals surface area (Å²) in [6.45, 7) is 1.82. The molecule has 3 aromatic rings. The molecule has 2 N–H and O–H groups in total. The molecule has 0 aliphatic heterocycles. The molecule has 146 valence electrons. The molecule has 0 atom stereocenters. The first-order valence-electron chi connectivity index (χ1n) is 9.25. The Morgan fingerprint density at radius 1 is 1.00 bits per heavy atom. The van der Waals surface area contributed by atoms with E-state index >= 15 is 0 Å². The van der Waals surface area contributed by atoms with Gasteiger partial charge in [0.2, 0.25) is 5.95 Å². The zero-order chi connectivity index (χ0) is 19.8. The van der Waals surface area contributed by atoms with Crippen LogP contribution in [0.15, 0.2) is 59.6 Å². The Labute approximate surface area is 170 Å². The molecule has 3 rings (SSSR count). The number of anilines is 3. The summed E-state index contributed by atoms with van der Waals surface area (Å²) in [5, 5.41) is 6.78. The average Bonchev–Trinajstić information content (AvgIpc) is 2.72. The van der Waals surface area contributed by atoms with Gasteiger partial charge in [-0.25, -0.2) is 4.98 Å². The van der Waals surface area contributed by atoms with Crippen LogP contribution in [0.4, 0.5) is 17.5 Å². The summed E-state index contributed by atoms with van der Waals surface area (Å²) in [5.41, 5.74) is 2.64. The lowest BCUT2D eigenvalue weighted by atomic mass is 10.2. The highest BCUT2D eigenvalue weighted by Crippen LogP contribution is 2.28. The van der Waals surface area contributed by atoms with Gasteiger partial charge < -0.3 is 15.5 Å². The normalized spacial score (nSPS) is 10.9. The second-order valence-corrected chi connectivity index (χ2v) is 7.43. The second kappa shape index (κ2) is 10.1. The van der Waals surface area contributed by atoms with Gasteiger partial charge in [-0.3, -0.25) is 4.98 Å². The van der Waals surface area contributed by atoms with E-state index in [4.69, 9.17) is 0 Å². The Balaban J connectivity index is 1.86. The van der Waals surface area contributed by atoms with Crippen molar-refractivity contribution < 1.29 is 0 Å². The average molecular weight is 395 g/mol. The Kier molecular flexibility index (Phi) is 7.22. The number of pyridine rings is 1. The zero-order valence-electron chi connectivity index (χ0n) is 16.5. The third kappa shape index (κ3) is 5.68. The maximum Gasteiger partial charge on any atom is 0.225 e. The molecule has 0 saturated heterocycles. The smallest absolute Gasteiger partial charge is 0.225 e. The van der Waals surface area contributed by atoms with Crippen molar-refractivity contribution in [3.63, 3.8) is 0 Å². The maximum absolute atomic E-state index is 4.66. The van der Waals surface area contributed by atoms with Gasteiger partial charge in [-0.1, -0.05) is 18.2 Å². The van der Waals surface area contributed by atoms with Crippen LogP contribution in [0.5, 0.6) is 0 Å². The van der Waals surface area contributed by atoms with E-state index < -0.39 is 0 Å². The van der Waals surface area contributed by atoms with E-state index in [1.165, 1.54) is 4.90 Å². The first-order valence-corrected chi connectivity index (χ1v) is 10.5. The molecule has 2 heterocycles. The number of hydrogen-bond donors (Lipinski definition) is 2. The predicted molar refractivity (Wildman–Crippen MR) is 118 cm³/mol. The SMILES string of the molecule is CSc1ccccc1Nc1cc(-c2ccccn2)nc(NCCCN(C)C)n1. The molecule has 0 saturated carbocycles. The van der Waals surface area contributed by atoms with Crippen LogP contribution in [-0.2, 0) is 0 Å². The van der Waals surface area contributed by atoms with E-state index in [9.17, 15) is 0 Å². The fourth-order valence-corrected chi connectivity index (χ4v) is 3.27. The molecular formula is C21H26N6S. The summed E-state index contributed by atoms with van der Waals surface area (Å²) in [7, 11) is 4.15. The highest BCUT2D eigenvalue weighted by molar-refractivity contribution is 7.98. The van der Waals surface area contributed by atoms with Crippen LogP contribution >= 0.6 is 11.8 Å². The summed E-state index contributed by atoms with van der Waals surface area (Å²) in [4.78, 5) is 17.1. The number of hydrogen-bond acceptors (Lipinski definition) is 7. The van der Waals surface area contributed by atoms with E-state index in [0.29, 0.717) is 5.95 Å². The minimum Gasteiger partial charge on any atom is -0.354 e. The zero-order valence-corrected chi connectivity index (χ0v) is 17.3. The standard InChI is InChI=1S/C21H26N6S/c1-27(2)14-8-13-23-21-25-18(16-9-6-7-12-22-16)15-20(26-21)24-17-10-4-5-11-19(17)28-3/h4-7,9-12,15H,8,13-14H2,1-3H3,(H2,23,24,25,26). The molecule has 0 fully saturated rings. The highest BCUT2D eigenvalue weighted by atomic mass is 32.2. The van der Waals surface area contributed by atoms with Crippen molar-refractivity contribution in [3.8, 4) is 11.4 Å². The van der Waals surface area contributed by atoms with Crippen molar-refractivity contribution in [2.24, 2.45) is 0 Å². The van der Waals surface area contributed by atoms with Crippen molar-refractivity contribution in [2.75, 3.05) is 44.1 Å². The van der Waals surface area contributed by atoms with Gasteiger partial charge in [0.1, 0.15) is 5.82 Å². The van der Waals surface area contributed by atoms with Gasteiger partial charge in [-0.15, -0.1) is 11.8 Å². The molecule has 28 heavy (non-hydrogen) atoms. The van der Waals surface area contributed by atoms with E-state index in [0.717, 1.165) is 42.4 Å². The molecular weight excluding hydrogens is 368 g/mol. The highest BCUT2D eigenvalue weighted by Gasteiger charge is 2.09. The van der Waals surface area contributed by atoms with Crippen molar-refractivity contribution in [1.82, 2.24) is 19.9 Å². The predicted octanol–water partition coefficient (Wildman–Crippen LogP) is 4.37. The molecule has 0 aliphatic rings. The maximum atomic E-state index is 4.66. The molecule has 2 aromatic heterocycles. The minimum absolute atomic E-state index is 0.603. The molecule has 0 unspecified atom stereocenters. The van der Waals surface area contributed by atoms with Crippen molar-refractivity contribution in [3.05, 3.63) is 54.7 Å². The van der Waals surface area contributed by atoms with Crippen LogP contribution in [0.25, 0.3) is 11.4 Å². The lowest BCUT2D eigenvalue weighted by Crippen LogP contribution is -2.17. The summed E-state index contributed by atoms with van der Waals surface area (Å²) in [6.07, 6.45) is 4.86. The van der Waals surface area contributed by atoms with Crippen LogP contribution < -0.4 is 10.6 Å². The molecule has 0 bridgehead atoms. The van der Waals surface area contributed by atoms with E-state index in [2.05, 4.69) is 63.0 Å². The lowest BCUT2D eigenvalue weighted by Gasteiger charge is -2.14. The molecule has 0 amide bonds. The van der Waals surface area contributed by atoms with Gasteiger partial charge in [0, 0.05) is 23.7 Å². The Hall–Kier alpha value is -2.64. The fraction of sp³-hybridized carbons (Fsp3) is 0.286. The van der Waals surface area contributed by atoms with Gasteiger partial charge in [0.05, 0.1) is 17.1 Å². The quantitative estimate of drug-likeness (QED) is 0.413. The van der Waals surface area contributed by atoms with Crippen LogP contribution in [0, 0.1) is 0 Å². The van der Waals surface area contributed by atoms with Crippen LogP contribution in [0.1, 0.15) is 6.42 Å². The summed E-state index contributed by atoms with van der Waals surface area (Å²) >= 11 is 1.70. The Morgan fingerprint density at radius 3 is 2.57 bits per heavy atom. The van der Waals surface area contributed by atoms with E-state index in [-0.39, 0.29) is 0 Å². The van der Waals surface area contributed by atoms with Crippen LogP contribution in [0.2, 0.25) is 0 Å². The molecule has 0 aliphatic carbocycles. The molecule has 7 heteroatoms. The third-order valence-corrected chi connectivity index (χ3v) is 4.88. The largest absolute Gasteiger partial charge is 0.354 e. The van der Waals surface area contributed by atoms with Gasteiger partial charge in [-0.2, -0.15) is 4.98 Å². The second-order valence-electron chi connectivity index (χ2n) is 6.59. The minimum atomic E-state index is 0.603. The lowest BCUT2D eigenvalue weighted by molar-refractivity contribution is 0.405. The topological polar surface area (TPSA) is 66.0 Å². The van der Waals surface area contributed by atoms with Crippen molar-refractivity contribution in [2.45, 2.75) is 11.3 Å². The third-order valence-electron chi connectivity index (χ3n) is 4.09. The molecule has 6 nitrogen and oxygen atoms in total. The molecule has 0 radical (unpaired) electrons. The van der Waals surface area contributed by atoms with Gasteiger partial charge >= 0.3 is 0 Å². The van der Waals surface area contributed by atoms with Crippen molar-refractivity contribution in [1.29, 1.82) is 0 Å². The number of para-hydroxylation sites is 1. The summed E-state index contributed by atoms with van der Waals surface area (Å²) < 4.78 is 0. The summed E-state index contributed by atoms with van der Waals surface area (Å²) in [5.74, 6) is 1.35. The fourth-order valence-electron chi connectivity index (χ4n) is 2.72. The first kappa shape index (κ1) is 20.1. The van der Waals surface area contributed by atoms with Crippen LogP contribution in [0.3, 0.4) is 0 Å². The Bertz CT molecular complexity index is 885. The van der Waals surface area contributed by atoms with Crippen molar-refractivity contribution >= 4 is 29.2 Å². The van der Waals surface area contributed by atoms with Crippen LogP contribution in [-0.4, -0.2) is 53.3 Å². The number of nitrogens with one attached hydrogen (secondary N) is 2. The number of rotatable bonds is 9. The first-order chi connectivity index (χ1) is 13.7. The van der Waals surface area contributed by atoms with E-state index in [1.54, 1.807) is 18.0 Å². The molecule has 1 aromatic carbocycles. The Morgan fingerprint density at radius 2 is 1.82 bits per heavy atom. The number of nitrogens with zero attached hydrogens (tertiary/aromatic N) is 4. The van der Waals surface area contributed by atoms with E-state index in [1.807, 2.05) is 36.4 Å². The number of aromatic nitrogens is 3. The monoisotopic (exact) mass is 394 g/mol. The van der Waals surface area contributed by atoms with Gasteiger partial charge in [0.15, 0.2) is 0 Å². The number of benzene rings is 1.